The fourth-order valence-corrected chi connectivity index (χ4v) is 7.38. The van der Waals surface area contributed by atoms with Gasteiger partial charge in [0.05, 0.1) is 33.6 Å². The predicted molar refractivity (Wildman–Crippen MR) is 211 cm³/mol. The Balaban J connectivity index is 1.22. The highest BCUT2D eigenvalue weighted by Crippen LogP contribution is 2.40. The summed E-state index contributed by atoms with van der Waals surface area (Å²) in [6.45, 7) is 0. The van der Waals surface area contributed by atoms with Gasteiger partial charge in [-0.2, -0.15) is 0 Å². The van der Waals surface area contributed by atoms with Gasteiger partial charge in [0, 0.05) is 49.5 Å². The summed E-state index contributed by atoms with van der Waals surface area (Å²) < 4.78 is 2.38. The highest BCUT2D eigenvalue weighted by Gasteiger charge is 2.18. The van der Waals surface area contributed by atoms with Crippen LogP contribution >= 0.6 is 0 Å². The summed E-state index contributed by atoms with van der Waals surface area (Å²) in [5.74, 6) is 0.698. The van der Waals surface area contributed by atoms with E-state index in [9.17, 15) is 0 Å². The van der Waals surface area contributed by atoms with Crippen molar-refractivity contribution < 1.29 is 0 Å². The van der Waals surface area contributed by atoms with Crippen molar-refractivity contribution in [2.75, 3.05) is 0 Å². The second-order valence-corrected chi connectivity index (χ2v) is 12.9. The van der Waals surface area contributed by atoms with Gasteiger partial charge in [0.1, 0.15) is 0 Å². The SMILES string of the molecule is c1ccc(-c2cc(-c3cccc(-c4nc5ccccc5c5cc6c(cc45)c4ccccc4n6-c4ccccc4)c3)nc(-c3ccccc3)n2)cc1. The standard InChI is InChI=1S/C47H30N4/c1-4-15-31(16-5-1)42-30-43(50-47(49-42)32-17-6-2-7-18-32)33-19-14-20-34(27-33)46-40-28-39-37-24-11-13-26-44(37)51(35-21-8-3-9-22-35)45(39)29-38(40)36-23-10-12-25-41(36)48-46/h1-30H. The molecule has 10 rings (SSSR count). The Morgan fingerprint density at radius 2 is 0.941 bits per heavy atom. The molecule has 0 aliphatic heterocycles. The molecule has 7 aromatic carbocycles. The van der Waals surface area contributed by atoms with Gasteiger partial charge in [-0.05, 0) is 53.9 Å². The quantitative estimate of drug-likeness (QED) is 0.174. The highest BCUT2D eigenvalue weighted by molar-refractivity contribution is 6.20. The molecule has 0 N–H and O–H groups in total. The summed E-state index contributed by atoms with van der Waals surface area (Å²) in [6.07, 6.45) is 0. The highest BCUT2D eigenvalue weighted by atomic mass is 15.0. The molecule has 238 valence electrons. The molecule has 3 heterocycles. The topological polar surface area (TPSA) is 43.6 Å². The summed E-state index contributed by atoms with van der Waals surface area (Å²) in [6, 6.07) is 63.7. The summed E-state index contributed by atoms with van der Waals surface area (Å²) in [4.78, 5) is 15.5. The van der Waals surface area contributed by atoms with Gasteiger partial charge in [-0.15, -0.1) is 0 Å². The van der Waals surface area contributed by atoms with E-state index in [4.69, 9.17) is 15.0 Å². The lowest BCUT2D eigenvalue weighted by molar-refractivity contribution is 1.18. The zero-order chi connectivity index (χ0) is 33.7. The van der Waals surface area contributed by atoms with Gasteiger partial charge in [0.2, 0.25) is 0 Å². The number of nitrogens with zero attached hydrogens (tertiary/aromatic N) is 4. The number of para-hydroxylation sites is 3. The molecular weight excluding hydrogens is 621 g/mol. The van der Waals surface area contributed by atoms with Gasteiger partial charge in [0.15, 0.2) is 5.82 Å². The zero-order valence-electron chi connectivity index (χ0n) is 27.6. The lowest BCUT2D eigenvalue weighted by atomic mass is 9.96. The van der Waals surface area contributed by atoms with Crippen molar-refractivity contribution in [3.05, 3.63) is 182 Å². The van der Waals surface area contributed by atoms with Crippen molar-refractivity contribution in [3.63, 3.8) is 0 Å². The number of hydrogen-bond acceptors (Lipinski definition) is 3. The van der Waals surface area contributed by atoms with Crippen LogP contribution in [0.1, 0.15) is 0 Å². The van der Waals surface area contributed by atoms with E-state index in [2.05, 4.69) is 150 Å². The molecule has 10 aromatic rings. The molecule has 0 radical (unpaired) electrons. The molecule has 4 heteroatoms. The average molecular weight is 651 g/mol. The maximum absolute atomic E-state index is 5.35. The van der Waals surface area contributed by atoms with Gasteiger partial charge in [0.25, 0.3) is 0 Å². The van der Waals surface area contributed by atoms with Gasteiger partial charge in [-0.1, -0.05) is 133 Å². The number of rotatable bonds is 5. The van der Waals surface area contributed by atoms with Crippen LogP contribution < -0.4 is 0 Å². The van der Waals surface area contributed by atoms with E-state index in [1.165, 1.54) is 27.2 Å². The molecule has 0 unspecified atom stereocenters. The van der Waals surface area contributed by atoms with Gasteiger partial charge in [-0.3, -0.25) is 0 Å². The first-order chi connectivity index (χ1) is 25.3. The van der Waals surface area contributed by atoms with E-state index in [1.807, 2.05) is 36.4 Å². The van der Waals surface area contributed by atoms with Crippen molar-refractivity contribution in [2.45, 2.75) is 0 Å². The molecule has 0 bridgehead atoms. The fourth-order valence-electron chi connectivity index (χ4n) is 7.38. The van der Waals surface area contributed by atoms with E-state index in [0.717, 1.165) is 61.3 Å². The van der Waals surface area contributed by atoms with Crippen LogP contribution in [-0.4, -0.2) is 19.5 Å². The Kier molecular flexibility index (Phi) is 6.78. The molecule has 0 aliphatic carbocycles. The van der Waals surface area contributed by atoms with Crippen molar-refractivity contribution in [2.24, 2.45) is 0 Å². The summed E-state index contributed by atoms with van der Waals surface area (Å²) in [5.41, 5.74) is 11.2. The molecule has 4 nitrogen and oxygen atoms in total. The molecule has 0 fully saturated rings. The maximum atomic E-state index is 5.35. The van der Waals surface area contributed by atoms with E-state index >= 15 is 0 Å². The second kappa shape index (κ2) is 11.9. The molecule has 3 aromatic heterocycles. The van der Waals surface area contributed by atoms with Gasteiger partial charge >= 0.3 is 0 Å². The zero-order valence-corrected chi connectivity index (χ0v) is 27.6. The van der Waals surface area contributed by atoms with Crippen molar-refractivity contribution >= 4 is 43.5 Å². The van der Waals surface area contributed by atoms with Crippen molar-refractivity contribution in [3.8, 4) is 50.8 Å². The Hall–Kier alpha value is -6.91. The van der Waals surface area contributed by atoms with Crippen molar-refractivity contribution in [1.29, 1.82) is 0 Å². The van der Waals surface area contributed by atoms with Crippen LogP contribution in [0.2, 0.25) is 0 Å². The molecular formula is C47H30N4. The Morgan fingerprint density at radius 3 is 1.73 bits per heavy atom. The minimum Gasteiger partial charge on any atom is -0.309 e. The third-order valence-corrected chi connectivity index (χ3v) is 9.77. The number of aromatic nitrogens is 4. The predicted octanol–water partition coefficient (Wildman–Crippen LogP) is 11.9. The monoisotopic (exact) mass is 650 g/mol. The Morgan fingerprint density at radius 1 is 0.333 bits per heavy atom. The van der Waals surface area contributed by atoms with Crippen LogP contribution in [-0.2, 0) is 0 Å². The van der Waals surface area contributed by atoms with E-state index in [1.54, 1.807) is 0 Å². The number of benzene rings is 7. The number of hydrogen-bond donors (Lipinski definition) is 0. The minimum atomic E-state index is 0.698. The third kappa shape index (κ3) is 4.96. The largest absolute Gasteiger partial charge is 0.309 e. The lowest BCUT2D eigenvalue weighted by Crippen LogP contribution is -1.96. The smallest absolute Gasteiger partial charge is 0.160 e. The van der Waals surface area contributed by atoms with Crippen LogP contribution in [0.15, 0.2) is 182 Å². The van der Waals surface area contributed by atoms with Gasteiger partial charge in [-0.25, -0.2) is 15.0 Å². The molecule has 0 atom stereocenters. The van der Waals surface area contributed by atoms with Crippen LogP contribution in [0.3, 0.4) is 0 Å². The summed E-state index contributed by atoms with van der Waals surface area (Å²) in [5, 5.41) is 5.84. The number of pyridine rings is 1. The normalized spacial score (nSPS) is 11.5. The first-order valence-corrected chi connectivity index (χ1v) is 17.2. The first-order valence-electron chi connectivity index (χ1n) is 17.2. The van der Waals surface area contributed by atoms with Crippen LogP contribution in [0.25, 0.3) is 94.3 Å². The van der Waals surface area contributed by atoms with Crippen LogP contribution in [0.5, 0.6) is 0 Å². The molecule has 0 amide bonds. The van der Waals surface area contributed by atoms with Crippen LogP contribution in [0, 0.1) is 0 Å². The van der Waals surface area contributed by atoms with E-state index in [-0.39, 0.29) is 0 Å². The summed E-state index contributed by atoms with van der Waals surface area (Å²) >= 11 is 0. The van der Waals surface area contributed by atoms with Crippen LogP contribution in [0.4, 0.5) is 0 Å². The average Bonchev–Trinajstić information content (AvgIpc) is 3.54. The van der Waals surface area contributed by atoms with Gasteiger partial charge < -0.3 is 4.57 Å². The van der Waals surface area contributed by atoms with E-state index in [0.29, 0.717) is 5.82 Å². The first kappa shape index (κ1) is 29.0. The second-order valence-electron chi connectivity index (χ2n) is 12.9. The minimum absolute atomic E-state index is 0.698. The molecule has 0 saturated heterocycles. The summed E-state index contributed by atoms with van der Waals surface area (Å²) in [7, 11) is 0. The molecule has 51 heavy (non-hydrogen) atoms. The Bertz CT molecular complexity index is 2840. The van der Waals surface area contributed by atoms with E-state index < -0.39 is 0 Å². The number of fused-ring (bicyclic) bond motifs is 6. The third-order valence-electron chi connectivity index (χ3n) is 9.77. The maximum Gasteiger partial charge on any atom is 0.160 e. The lowest BCUT2D eigenvalue weighted by Gasteiger charge is -2.14. The molecule has 0 spiro atoms. The Labute approximate surface area is 295 Å². The fraction of sp³-hybridized carbons (Fsp3) is 0. The van der Waals surface area contributed by atoms with Crippen molar-refractivity contribution in [1.82, 2.24) is 19.5 Å². The molecule has 0 saturated carbocycles. The molecule has 0 aliphatic rings.